The molecule has 0 saturated carbocycles. The van der Waals surface area contributed by atoms with Gasteiger partial charge in [0.05, 0.1) is 4.88 Å². The summed E-state index contributed by atoms with van der Waals surface area (Å²) < 4.78 is 0. The van der Waals surface area contributed by atoms with E-state index < -0.39 is 23.9 Å². The molecule has 1 amide bonds. The minimum absolute atomic E-state index is 0.138. The van der Waals surface area contributed by atoms with E-state index in [1.54, 1.807) is 12.1 Å². The van der Waals surface area contributed by atoms with E-state index in [4.69, 9.17) is 10.2 Å². The van der Waals surface area contributed by atoms with Gasteiger partial charge in [0.25, 0.3) is 5.91 Å². The maximum Gasteiger partial charge on any atom is 0.326 e. The van der Waals surface area contributed by atoms with Crippen molar-refractivity contribution in [1.29, 1.82) is 0 Å². The molecule has 0 fully saturated rings. The van der Waals surface area contributed by atoms with E-state index in [1.165, 1.54) is 11.3 Å². The van der Waals surface area contributed by atoms with Crippen LogP contribution in [0.5, 0.6) is 0 Å². The van der Waals surface area contributed by atoms with Crippen LogP contribution in [0.15, 0.2) is 12.1 Å². The molecule has 0 spiro atoms. The standard InChI is InChI=1S/C11H13NO5S/c1-6-2-4-8(18-6)10(15)12-7(11(16)17)3-5-9(13)14/h2,4,7H,3,5H2,1H3,(H,12,15)(H,13,14)(H,16,17). The van der Waals surface area contributed by atoms with Gasteiger partial charge in [-0.1, -0.05) is 0 Å². The molecule has 0 aromatic carbocycles. The van der Waals surface area contributed by atoms with Crippen LogP contribution < -0.4 is 5.32 Å². The number of aliphatic carboxylic acids is 2. The Bertz CT molecular complexity index is 468. The fraction of sp³-hybridized carbons (Fsp3) is 0.364. The van der Waals surface area contributed by atoms with Crippen LogP contribution in [0.25, 0.3) is 0 Å². The van der Waals surface area contributed by atoms with Crippen molar-refractivity contribution >= 4 is 29.2 Å². The molecule has 3 N–H and O–H groups in total. The molecule has 1 atom stereocenters. The maximum absolute atomic E-state index is 11.7. The summed E-state index contributed by atoms with van der Waals surface area (Å²) >= 11 is 1.25. The summed E-state index contributed by atoms with van der Waals surface area (Å²) in [5.74, 6) is -2.83. The maximum atomic E-state index is 11.7. The van der Waals surface area contributed by atoms with Crippen LogP contribution in [-0.4, -0.2) is 34.1 Å². The van der Waals surface area contributed by atoms with Gasteiger partial charge in [-0.2, -0.15) is 0 Å². The molecular weight excluding hydrogens is 258 g/mol. The SMILES string of the molecule is Cc1ccc(C(=O)NC(CCC(=O)O)C(=O)O)s1. The van der Waals surface area contributed by atoms with Crippen LogP contribution in [0.4, 0.5) is 0 Å². The number of thiophene rings is 1. The zero-order valence-electron chi connectivity index (χ0n) is 9.67. The van der Waals surface area contributed by atoms with Crippen LogP contribution in [0, 0.1) is 6.92 Å². The van der Waals surface area contributed by atoms with Crippen molar-refractivity contribution < 1.29 is 24.6 Å². The molecule has 0 aliphatic rings. The molecule has 6 nitrogen and oxygen atoms in total. The Hall–Kier alpha value is -1.89. The van der Waals surface area contributed by atoms with E-state index in [-0.39, 0.29) is 12.8 Å². The van der Waals surface area contributed by atoms with Crippen LogP contribution in [0.2, 0.25) is 0 Å². The smallest absolute Gasteiger partial charge is 0.326 e. The Morgan fingerprint density at radius 3 is 2.44 bits per heavy atom. The lowest BCUT2D eigenvalue weighted by molar-refractivity contribution is -0.140. The number of nitrogens with one attached hydrogen (secondary N) is 1. The van der Waals surface area contributed by atoms with Gasteiger partial charge in [0, 0.05) is 11.3 Å². The molecule has 1 heterocycles. The van der Waals surface area contributed by atoms with E-state index >= 15 is 0 Å². The molecule has 0 bridgehead atoms. The minimum Gasteiger partial charge on any atom is -0.481 e. The number of rotatable bonds is 6. The highest BCUT2D eigenvalue weighted by atomic mass is 32.1. The molecule has 1 unspecified atom stereocenters. The average Bonchev–Trinajstić information content (AvgIpc) is 2.70. The second-order valence-electron chi connectivity index (χ2n) is 3.71. The Kier molecular flexibility index (Phi) is 4.85. The molecule has 0 aliphatic carbocycles. The second-order valence-corrected chi connectivity index (χ2v) is 4.99. The lowest BCUT2D eigenvalue weighted by Gasteiger charge is -2.12. The molecule has 18 heavy (non-hydrogen) atoms. The van der Waals surface area contributed by atoms with Gasteiger partial charge in [-0.05, 0) is 25.5 Å². The summed E-state index contributed by atoms with van der Waals surface area (Å²) in [5, 5.41) is 19.7. The Morgan fingerprint density at radius 2 is 2.00 bits per heavy atom. The van der Waals surface area contributed by atoms with Crippen molar-refractivity contribution in [2.75, 3.05) is 0 Å². The van der Waals surface area contributed by atoms with Crippen molar-refractivity contribution in [3.8, 4) is 0 Å². The van der Waals surface area contributed by atoms with E-state index in [0.29, 0.717) is 4.88 Å². The van der Waals surface area contributed by atoms with Crippen molar-refractivity contribution in [3.63, 3.8) is 0 Å². The van der Waals surface area contributed by atoms with Crippen molar-refractivity contribution in [3.05, 3.63) is 21.9 Å². The zero-order chi connectivity index (χ0) is 13.7. The highest BCUT2D eigenvalue weighted by Gasteiger charge is 2.22. The molecule has 1 aromatic rings. The van der Waals surface area contributed by atoms with E-state index in [1.807, 2.05) is 6.92 Å². The number of carbonyl (C=O) groups excluding carboxylic acids is 1. The van der Waals surface area contributed by atoms with Crippen LogP contribution in [-0.2, 0) is 9.59 Å². The molecule has 1 rings (SSSR count). The predicted octanol–water partition coefficient (Wildman–Crippen LogP) is 1.10. The summed E-state index contributed by atoms with van der Waals surface area (Å²) in [7, 11) is 0. The summed E-state index contributed by atoms with van der Waals surface area (Å²) in [6.07, 6.45) is -0.443. The fourth-order valence-corrected chi connectivity index (χ4v) is 2.08. The Balaban J connectivity index is 2.63. The lowest BCUT2D eigenvalue weighted by Crippen LogP contribution is -2.40. The summed E-state index contributed by atoms with van der Waals surface area (Å²) in [6.45, 7) is 1.83. The van der Waals surface area contributed by atoms with Gasteiger partial charge in [0.1, 0.15) is 6.04 Å². The third kappa shape index (κ3) is 4.17. The number of carboxylic acids is 2. The zero-order valence-corrected chi connectivity index (χ0v) is 10.5. The quantitative estimate of drug-likeness (QED) is 0.719. The van der Waals surface area contributed by atoms with Crippen LogP contribution in [0.1, 0.15) is 27.4 Å². The lowest BCUT2D eigenvalue weighted by atomic mass is 10.1. The van der Waals surface area contributed by atoms with Crippen LogP contribution >= 0.6 is 11.3 Å². The normalized spacial score (nSPS) is 11.8. The molecule has 98 valence electrons. The summed E-state index contributed by atoms with van der Waals surface area (Å²) in [6, 6.07) is 2.17. The number of carbonyl (C=O) groups is 3. The first-order chi connectivity index (χ1) is 8.40. The van der Waals surface area contributed by atoms with Gasteiger partial charge < -0.3 is 15.5 Å². The number of carboxylic acid groups (broad SMARTS) is 2. The molecular formula is C11H13NO5S. The number of amides is 1. The van der Waals surface area contributed by atoms with Gasteiger partial charge in [-0.15, -0.1) is 11.3 Å². The first-order valence-corrected chi connectivity index (χ1v) is 6.03. The third-order valence-corrected chi connectivity index (χ3v) is 3.21. The monoisotopic (exact) mass is 271 g/mol. The number of hydrogen-bond acceptors (Lipinski definition) is 4. The highest BCUT2D eigenvalue weighted by Crippen LogP contribution is 2.15. The van der Waals surface area contributed by atoms with Crippen LogP contribution in [0.3, 0.4) is 0 Å². The largest absolute Gasteiger partial charge is 0.481 e. The average molecular weight is 271 g/mol. The molecule has 0 aliphatic heterocycles. The van der Waals surface area contributed by atoms with Crippen molar-refractivity contribution in [2.24, 2.45) is 0 Å². The Labute approximate surface area is 107 Å². The second kappa shape index (κ2) is 6.15. The van der Waals surface area contributed by atoms with Gasteiger partial charge in [0.2, 0.25) is 0 Å². The molecule has 0 radical (unpaired) electrons. The number of hydrogen-bond donors (Lipinski definition) is 3. The molecule has 1 aromatic heterocycles. The van der Waals surface area contributed by atoms with Gasteiger partial charge in [-0.25, -0.2) is 4.79 Å². The predicted molar refractivity (Wildman–Crippen MR) is 64.8 cm³/mol. The van der Waals surface area contributed by atoms with E-state index in [9.17, 15) is 14.4 Å². The van der Waals surface area contributed by atoms with Crippen molar-refractivity contribution in [2.45, 2.75) is 25.8 Å². The highest BCUT2D eigenvalue weighted by molar-refractivity contribution is 7.13. The summed E-state index contributed by atoms with van der Waals surface area (Å²) in [4.78, 5) is 34.3. The summed E-state index contributed by atoms with van der Waals surface area (Å²) in [5.41, 5.74) is 0. The van der Waals surface area contributed by atoms with Gasteiger partial charge >= 0.3 is 11.9 Å². The Morgan fingerprint density at radius 1 is 1.33 bits per heavy atom. The first-order valence-electron chi connectivity index (χ1n) is 5.22. The fourth-order valence-electron chi connectivity index (χ4n) is 1.31. The molecule has 0 saturated heterocycles. The van der Waals surface area contributed by atoms with Crippen molar-refractivity contribution in [1.82, 2.24) is 5.32 Å². The topological polar surface area (TPSA) is 104 Å². The third-order valence-electron chi connectivity index (χ3n) is 2.21. The van der Waals surface area contributed by atoms with Gasteiger partial charge in [0.15, 0.2) is 0 Å². The molecule has 7 heteroatoms. The minimum atomic E-state index is -1.24. The van der Waals surface area contributed by atoms with E-state index in [2.05, 4.69) is 5.32 Å². The van der Waals surface area contributed by atoms with Gasteiger partial charge in [-0.3, -0.25) is 9.59 Å². The number of aryl methyl sites for hydroxylation is 1. The van der Waals surface area contributed by atoms with E-state index in [0.717, 1.165) is 4.88 Å². The first kappa shape index (κ1) is 14.2.